The van der Waals surface area contributed by atoms with Crippen molar-refractivity contribution in [2.75, 3.05) is 18.0 Å². The first-order valence-electron chi connectivity index (χ1n) is 6.18. The molecule has 5 nitrogen and oxygen atoms in total. The summed E-state index contributed by atoms with van der Waals surface area (Å²) in [6.07, 6.45) is 5.20. The van der Waals surface area contributed by atoms with Crippen LogP contribution in [0.15, 0.2) is 18.6 Å². The molecule has 0 aromatic carbocycles. The van der Waals surface area contributed by atoms with Crippen molar-refractivity contribution in [3.63, 3.8) is 0 Å². The Morgan fingerprint density at radius 2 is 2.39 bits per heavy atom. The van der Waals surface area contributed by atoms with Crippen molar-refractivity contribution >= 4 is 11.7 Å². The summed E-state index contributed by atoms with van der Waals surface area (Å²) in [7, 11) is 0. The molecule has 1 unspecified atom stereocenters. The molecular formula is C12H15FN4O. The van der Waals surface area contributed by atoms with Gasteiger partial charge in [0.1, 0.15) is 12.1 Å². The van der Waals surface area contributed by atoms with Crippen LogP contribution in [-0.2, 0) is 4.79 Å². The summed E-state index contributed by atoms with van der Waals surface area (Å²) in [6, 6.07) is 1.92. The number of alkyl halides is 1. The average Bonchev–Trinajstić information content (AvgIpc) is 3.11. The van der Waals surface area contributed by atoms with Gasteiger partial charge in [0.05, 0.1) is 6.54 Å². The van der Waals surface area contributed by atoms with Crippen LogP contribution in [0.1, 0.15) is 19.3 Å². The highest BCUT2D eigenvalue weighted by Crippen LogP contribution is 2.30. The Balaban J connectivity index is 1.68. The molecule has 2 fully saturated rings. The zero-order chi connectivity index (χ0) is 12.6. The molecule has 1 aliphatic heterocycles. The number of amides is 1. The molecule has 1 amide bonds. The maximum absolute atomic E-state index is 14.5. The normalized spacial score (nSPS) is 27.3. The Bertz CT molecular complexity index is 451. The van der Waals surface area contributed by atoms with Gasteiger partial charge >= 0.3 is 0 Å². The number of anilines is 1. The number of hydrogen-bond donors (Lipinski definition) is 1. The smallest absolute Gasteiger partial charge is 0.259 e. The zero-order valence-electron chi connectivity index (χ0n) is 9.97. The van der Waals surface area contributed by atoms with E-state index in [1.807, 2.05) is 0 Å². The summed E-state index contributed by atoms with van der Waals surface area (Å²) in [5.74, 6) is 0.199. The molecule has 0 spiro atoms. The lowest BCUT2D eigenvalue weighted by Gasteiger charge is -2.20. The largest absolute Gasteiger partial charge is 0.353 e. The van der Waals surface area contributed by atoms with Crippen molar-refractivity contribution in [3.8, 4) is 0 Å². The van der Waals surface area contributed by atoms with Crippen molar-refractivity contribution < 1.29 is 9.18 Å². The summed E-state index contributed by atoms with van der Waals surface area (Å²) in [6.45, 7) is 0.578. The molecular weight excluding hydrogens is 235 g/mol. The van der Waals surface area contributed by atoms with Crippen molar-refractivity contribution in [2.24, 2.45) is 0 Å². The van der Waals surface area contributed by atoms with Gasteiger partial charge in [-0.1, -0.05) is 0 Å². The molecule has 96 valence electrons. The van der Waals surface area contributed by atoms with E-state index in [-0.39, 0.29) is 19.0 Å². The quantitative estimate of drug-likeness (QED) is 0.856. The van der Waals surface area contributed by atoms with E-state index >= 15 is 0 Å². The summed E-state index contributed by atoms with van der Waals surface area (Å²) in [5.41, 5.74) is -1.78. The van der Waals surface area contributed by atoms with Gasteiger partial charge in [0.15, 0.2) is 0 Å². The Labute approximate surface area is 104 Å². The van der Waals surface area contributed by atoms with Crippen LogP contribution < -0.4 is 10.2 Å². The zero-order valence-corrected chi connectivity index (χ0v) is 9.97. The predicted octanol–water partition coefficient (Wildman–Crippen LogP) is 0.674. The minimum Gasteiger partial charge on any atom is -0.353 e. The van der Waals surface area contributed by atoms with Crippen LogP contribution in [0, 0.1) is 0 Å². The molecule has 1 saturated heterocycles. The summed E-state index contributed by atoms with van der Waals surface area (Å²) < 4.78 is 14.5. The summed E-state index contributed by atoms with van der Waals surface area (Å²) in [5, 5.41) is 2.73. The van der Waals surface area contributed by atoms with E-state index in [1.54, 1.807) is 17.2 Å². The Hall–Kier alpha value is -1.72. The van der Waals surface area contributed by atoms with E-state index in [1.165, 1.54) is 6.33 Å². The van der Waals surface area contributed by atoms with Gasteiger partial charge in [0.2, 0.25) is 5.67 Å². The molecule has 2 aliphatic rings. The van der Waals surface area contributed by atoms with E-state index in [2.05, 4.69) is 15.3 Å². The highest BCUT2D eigenvalue weighted by molar-refractivity contribution is 5.87. The summed E-state index contributed by atoms with van der Waals surface area (Å²) in [4.78, 5) is 21.5. The summed E-state index contributed by atoms with van der Waals surface area (Å²) >= 11 is 0. The van der Waals surface area contributed by atoms with Crippen molar-refractivity contribution in [1.82, 2.24) is 15.3 Å². The van der Waals surface area contributed by atoms with E-state index in [0.717, 1.165) is 12.8 Å². The van der Waals surface area contributed by atoms with Crippen molar-refractivity contribution in [2.45, 2.75) is 31.0 Å². The van der Waals surface area contributed by atoms with Gasteiger partial charge in [-0.15, -0.1) is 0 Å². The van der Waals surface area contributed by atoms with Crippen LogP contribution in [0.25, 0.3) is 0 Å². The second-order valence-electron chi connectivity index (χ2n) is 4.95. The van der Waals surface area contributed by atoms with Gasteiger partial charge in [0, 0.05) is 25.2 Å². The lowest BCUT2D eigenvalue weighted by atomic mass is 10.1. The first-order valence-corrected chi connectivity index (χ1v) is 6.18. The molecule has 1 aromatic rings. The van der Waals surface area contributed by atoms with Crippen LogP contribution in [0.4, 0.5) is 10.2 Å². The number of nitrogens with zero attached hydrogens (tertiary/aromatic N) is 3. The highest BCUT2D eigenvalue weighted by atomic mass is 19.1. The van der Waals surface area contributed by atoms with Crippen molar-refractivity contribution in [3.05, 3.63) is 18.6 Å². The first-order chi connectivity index (χ1) is 8.67. The molecule has 1 aromatic heterocycles. The first kappa shape index (κ1) is 11.4. The molecule has 3 rings (SSSR count). The third kappa shape index (κ3) is 2.14. The second-order valence-corrected chi connectivity index (χ2v) is 4.95. The third-order valence-corrected chi connectivity index (χ3v) is 3.43. The van der Waals surface area contributed by atoms with Gasteiger partial charge in [-0.25, -0.2) is 14.4 Å². The minimum absolute atomic E-state index is 0.0720. The maximum atomic E-state index is 14.5. The molecule has 0 radical (unpaired) electrons. The number of carbonyl (C=O) groups is 1. The number of nitrogens with one attached hydrogen (secondary N) is 1. The van der Waals surface area contributed by atoms with Gasteiger partial charge < -0.3 is 10.2 Å². The molecule has 6 heteroatoms. The van der Waals surface area contributed by atoms with Crippen LogP contribution in [0.5, 0.6) is 0 Å². The van der Waals surface area contributed by atoms with Gasteiger partial charge in [-0.05, 0) is 18.9 Å². The molecule has 1 N–H and O–H groups in total. The van der Waals surface area contributed by atoms with Gasteiger partial charge in [0.25, 0.3) is 5.91 Å². The molecule has 1 aliphatic carbocycles. The standard InChI is InChI=1S/C12H15FN4O/c13-12(11(18)16-9-1-2-9)4-6-17(7-12)10-3-5-14-8-15-10/h3,5,8-9H,1-2,4,6-7H2,(H,16,18). The lowest BCUT2D eigenvalue weighted by Crippen LogP contribution is -2.46. The van der Waals surface area contributed by atoms with E-state index in [9.17, 15) is 9.18 Å². The van der Waals surface area contributed by atoms with Gasteiger partial charge in [-0.2, -0.15) is 0 Å². The fourth-order valence-electron chi connectivity index (χ4n) is 2.17. The number of carbonyl (C=O) groups excluding carboxylic acids is 1. The van der Waals surface area contributed by atoms with Crippen LogP contribution in [0.3, 0.4) is 0 Å². The number of hydrogen-bond acceptors (Lipinski definition) is 4. The van der Waals surface area contributed by atoms with E-state index < -0.39 is 11.6 Å². The maximum Gasteiger partial charge on any atom is 0.259 e. The fraction of sp³-hybridized carbons (Fsp3) is 0.583. The molecule has 1 atom stereocenters. The SMILES string of the molecule is O=C(NC1CC1)C1(F)CCN(c2ccncn2)C1. The van der Waals surface area contributed by atoms with Gasteiger partial charge in [-0.3, -0.25) is 4.79 Å². The molecule has 0 bridgehead atoms. The highest BCUT2D eigenvalue weighted by Gasteiger charge is 2.46. The minimum atomic E-state index is -1.78. The number of rotatable bonds is 3. The Morgan fingerprint density at radius 3 is 3.06 bits per heavy atom. The predicted molar refractivity (Wildman–Crippen MR) is 63.9 cm³/mol. The lowest BCUT2D eigenvalue weighted by molar-refractivity contribution is -0.131. The van der Waals surface area contributed by atoms with Crippen molar-refractivity contribution in [1.29, 1.82) is 0 Å². The molecule has 18 heavy (non-hydrogen) atoms. The van der Waals surface area contributed by atoms with Crippen LogP contribution in [-0.4, -0.2) is 40.7 Å². The number of halogens is 1. The Morgan fingerprint density at radius 1 is 1.56 bits per heavy atom. The van der Waals surface area contributed by atoms with E-state index in [0.29, 0.717) is 12.4 Å². The fourth-order valence-corrected chi connectivity index (χ4v) is 2.17. The Kier molecular flexibility index (Phi) is 2.65. The third-order valence-electron chi connectivity index (χ3n) is 3.43. The molecule has 2 heterocycles. The second kappa shape index (κ2) is 4.19. The topological polar surface area (TPSA) is 58.1 Å². The molecule has 1 saturated carbocycles. The number of aromatic nitrogens is 2. The monoisotopic (exact) mass is 250 g/mol. The van der Waals surface area contributed by atoms with Crippen LogP contribution >= 0.6 is 0 Å². The van der Waals surface area contributed by atoms with Crippen LogP contribution in [0.2, 0.25) is 0 Å². The average molecular weight is 250 g/mol. The van der Waals surface area contributed by atoms with E-state index in [4.69, 9.17) is 0 Å².